The Balaban J connectivity index is 1.68. The van der Waals surface area contributed by atoms with Crippen molar-refractivity contribution >= 4 is 11.9 Å². The quantitative estimate of drug-likeness (QED) is 0.863. The summed E-state index contributed by atoms with van der Waals surface area (Å²) in [5.41, 5.74) is 0.511. The zero-order valence-corrected chi connectivity index (χ0v) is 11.5. The molecule has 1 aromatic rings. The van der Waals surface area contributed by atoms with Crippen LogP contribution < -0.4 is 5.32 Å². The Labute approximate surface area is 117 Å². The standard InChI is InChI=1S/C14H19N3O3/c1-17-7-8(6-15-17)12(14(19)20)16-13(18)11-9-4-2-3-5-10(9)11/h6-7,9-12H,2-5H2,1H3,(H,16,18)(H,19,20). The second-order valence-corrected chi connectivity index (χ2v) is 5.87. The third kappa shape index (κ3) is 2.30. The van der Waals surface area contributed by atoms with E-state index in [4.69, 9.17) is 0 Å². The molecule has 2 aliphatic carbocycles. The van der Waals surface area contributed by atoms with E-state index >= 15 is 0 Å². The van der Waals surface area contributed by atoms with Crippen molar-refractivity contribution in [2.75, 3.05) is 0 Å². The van der Waals surface area contributed by atoms with Crippen LogP contribution in [0.4, 0.5) is 0 Å². The molecular formula is C14H19N3O3. The highest BCUT2D eigenvalue weighted by molar-refractivity contribution is 5.87. The third-order valence-corrected chi connectivity index (χ3v) is 4.55. The molecule has 0 spiro atoms. The number of carbonyl (C=O) groups excluding carboxylic acids is 1. The van der Waals surface area contributed by atoms with Crippen molar-refractivity contribution in [3.63, 3.8) is 0 Å². The molecule has 1 aromatic heterocycles. The summed E-state index contributed by atoms with van der Waals surface area (Å²) < 4.78 is 1.54. The van der Waals surface area contributed by atoms with Crippen molar-refractivity contribution in [2.45, 2.75) is 31.7 Å². The van der Waals surface area contributed by atoms with Crippen molar-refractivity contribution in [3.05, 3.63) is 18.0 Å². The topological polar surface area (TPSA) is 84.2 Å². The van der Waals surface area contributed by atoms with Crippen LogP contribution in [0.1, 0.15) is 37.3 Å². The van der Waals surface area contributed by atoms with Crippen LogP contribution in [-0.2, 0) is 16.6 Å². The molecule has 2 fully saturated rings. The maximum Gasteiger partial charge on any atom is 0.331 e. The molecule has 1 heterocycles. The van der Waals surface area contributed by atoms with Gasteiger partial charge in [0.15, 0.2) is 6.04 Å². The van der Waals surface area contributed by atoms with Crippen molar-refractivity contribution in [3.8, 4) is 0 Å². The molecule has 0 aromatic carbocycles. The van der Waals surface area contributed by atoms with Crippen LogP contribution in [0.2, 0.25) is 0 Å². The van der Waals surface area contributed by atoms with Gasteiger partial charge in [0.1, 0.15) is 0 Å². The Bertz CT molecular complexity index is 528. The second-order valence-electron chi connectivity index (χ2n) is 5.87. The van der Waals surface area contributed by atoms with E-state index in [1.165, 1.54) is 23.7 Å². The fraction of sp³-hybridized carbons (Fsp3) is 0.643. The van der Waals surface area contributed by atoms with Gasteiger partial charge in [-0.2, -0.15) is 5.10 Å². The number of aromatic nitrogens is 2. The molecule has 6 heteroatoms. The smallest absolute Gasteiger partial charge is 0.331 e. The number of hydrogen-bond acceptors (Lipinski definition) is 3. The lowest BCUT2D eigenvalue weighted by atomic mass is 10.0. The number of rotatable bonds is 4. The zero-order valence-electron chi connectivity index (χ0n) is 11.5. The molecule has 0 saturated heterocycles. The lowest BCUT2D eigenvalue weighted by Crippen LogP contribution is -2.35. The van der Waals surface area contributed by atoms with Crippen LogP contribution in [0.3, 0.4) is 0 Å². The maximum atomic E-state index is 12.3. The molecule has 2 saturated carbocycles. The van der Waals surface area contributed by atoms with E-state index in [1.54, 1.807) is 13.2 Å². The van der Waals surface area contributed by atoms with Gasteiger partial charge in [0, 0.05) is 24.7 Å². The van der Waals surface area contributed by atoms with Crippen molar-refractivity contribution in [2.24, 2.45) is 24.8 Å². The average molecular weight is 277 g/mol. The molecule has 108 valence electrons. The first-order valence-electron chi connectivity index (χ1n) is 7.09. The minimum Gasteiger partial charge on any atom is -0.479 e. The molecule has 20 heavy (non-hydrogen) atoms. The SMILES string of the molecule is Cn1cc(C(NC(=O)C2C3CCCCC32)C(=O)O)cn1. The second kappa shape index (κ2) is 4.92. The summed E-state index contributed by atoms with van der Waals surface area (Å²) in [5.74, 6) is -0.177. The monoisotopic (exact) mass is 277 g/mol. The van der Waals surface area contributed by atoms with Crippen molar-refractivity contribution in [1.82, 2.24) is 15.1 Å². The highest BCUT2D eigenvalue weighted by Gasteiger charge is 2.55. The highest BCUT2D eigenvalue weighted by atomic mass is 16.4. The number of fused-ring (bicyclic) bond motifs is 1. The average Bonchev–Trinajstić information content (AvgIpc) is 3.00. The normalized spacial score (nSPS) is 29.4. The summed E-state index contributed by atoms with van der Waals surface area (Å²) in [6, 6.07) is -1.00. The Morgan fingerprint density at radius 1 is 1.40 bits per heavy atom. The van der Waals surface area contributed by atoms with E-state index in [1.807, 2.05) is 0 Å². The number of hydrogen-bond donors (Lipinski definition) is 2. The fourth-order valence-electron chi connectivity index (χ4n) is 3.50. The maximum absolute atomic E-state index is 12.3. The van der Waals surface area contributed by atoms with E-state index in [0.717, 1.165) is 12.8 Å². The van der Waals surface area contributed by atoms with Crippen LogP contribution in [-0.4, -0.2) is 26.8 Å². The van der Waals surface area contributed by atoms with E-state index in [0.29, 0.717) is 17.4 Å². The summed E-state index contributed by atoms with van der Waals surface area (Å²) in [6.07, 6.45) is 7.70. The Kier molecular flexibility index (Phi) is 3.23. The van der Waals surface area contributed by atoms with Gasteiger partial charge in [-0.1, -0.05) is 12.8 Å². The van der Waals surface area contributed by atoms with E-state index in [9.17, 15) is 14.7 Å². The number of carboxylic acid groups (broad SMARTS) is 1. The zero-order chi connectivity index (χ0) is 14.3. The Morgan fingerprint density at radius 3 is 2.55 bits per heavy atom. The molecule has 0 bridgehead atoms. The predicted molar refractivity (Wildman–Crippen MR) is 70.7 cm³/mol. The van der Waals surface area contributed by atoms with Crippen LogP contribution >= 0.6 is 0 Å². The van der Waals surface area contributed by atoms with E-state index in [-0.39, 0.29) is 11.8 Å². The van der Waals surface area contributed by atoms with Gasteiger partial charge >= 0.3 is 5.97 Å². The van der Waals surface area contributed by atoms with E-state index < -0.39 is 12.0 Å². The molecule has 2 N–H and O–H groups in total. The number of carbonyl (C=O) groups is 2. The molecule has 6 nitrogen and oxygen atoms in total. The largest absolute Gasteiger partial charge is 0.479 e. The van der Waals surface area contributed by atoms with Gasteiger partial charge < -0.3 is 10.4 Å². The summed E-state index contributed by atoms with van der Waals surface area (Å²) in [4.78, 5) is 23.6. The molecule has 2 aliphatic rings. The minimum atomic E-state index is -1.05. The highest BCUT2D eigenvalue weighted by Crippen LogP contribution is 2.55. The summed E-state index contributed by atoms with van der Waals surface area (Å²) in [6.45, 7) is 0. The van der Waals surface area contributed by atoms with Crippen LogP contribution in [0.15, 0.2) is 12.4 Å². The lowest BCUT2D eigenvalue weighted by Gasteiger charge is -2.12. The Hall–Kier alpha value is -1.85. The van der Waals surface area contributed by atoms with Crippen LogP contribution in [0.5, 0.6) is 0 Å². The van der Waals surface area contributed by atoms with E-state index in [2.05, 4.69) is 10.4 Å². The van der Waals surface area contributed by atoms with Crippen molar-refractivity contribution < 1.29 is 14.7 Å². The third-order valence-electron chi connectivity index (χ3n) is 4.55. The van der Waals surface area contributed by atoms with Crippen LogP contribution in [0, 0.1) is 17.8 Å². The molecular weight excluding hydrogens is 258 g/mol. The van der Waals surface area contributed by atoms with Gasteiger partial charge in [-0.05, 0) is 24.7 Å². The van der Waals surface area contributed by atoms with Crippen molar-refractivity contribution in [1.29, 1.82) is 0 Å². The molecule has 0 aliphatic heterocycles. The molecule has 0 radical (unpaired) electrons. The van der Waals surface area contributed by atoms with Gasteiger partial charge in [0.05, 0.1) is 6.20 Å². The first kappa shape index (κ1) is 13.1. The van der Waals surface area contributed by atoms with Gasteiger partial charge in [-0.15, -0.1) is 0 Å². The summed E-state index contributed by atoms with van der Waals surface area (Å²) >= 11 is 0. The fourth-order valence-corrected chi connectivity index (χ4v) is 3.50. The number of carboxylic acids is 1. The van der Waals surface area contributed by atoms with Gasteiger partial charge in [-0.25, -0.2) is 4.79 Å². The number of aryl methyl sites for hydroxylation is 1. The number of amides is 1. The van der Waals surface area contributed by atoms with Gasteiger partial charge in [0.25, 0.3) is 0 Å². The molecule has 3 atom stereocenters. The first-order valence-corrected chi connectivity index (χ1v) is 7.09. The first-order chi connectivity index (χ1) is 9.58. The minimum absolute atomic E-state index is 0.0241. The number of aliphatic carboxylic acids is 1. The number of nitrogens with one attached hydrogen (secondary N) is 1. The number of nitrogens with zero attached hydrogens (tertiary/aromatic N) is 2. The van der Waals surface area contributed by atoms with Gasteiger partial charge in [0.2, 0.25) is 5.91 Å². The molecule has 3 rings (SSSR count). The molecule has 3 unspecified atom stereocenters. The Morgan fingerprint density at radius 2 is 2.05 bits per heavy atom. The predicted octanol–water partition coefficient (Wildman–Crippen LogP) is 1.10. The summed E-state index contributed by atoms with van der Waals surface area (Å²) in [5, 5.41) is 15.9. The summed E-state index contributed by atoms with van der Waals surface area (Å²) in [7, 11) is 1.72. The lowest BCUT2D eigenvalue weighted by molar-refractivity contribution is -0.142. The molecule has 1 amide bonds. The van der Waals surface area contributed by atoms with Crippen LogP contribution in [0.25, 0.3) is 0 Å². The van der Waals surface area contributed by atoms with Gasteiger partial charge in [-0.3, -0.25) is 9.48 Å².